The van der Waals surface area contributed by atoms with Gasteiger partial charge in [-0.05, 0) is 46.2 Å². The highest BCUT2D eigenvalue weighted by molar-refractivity contribution is 5.48. The lowest BCUT2D eigenvalue weighted by Gasteiger charge is -2.31. The zero-order chi connectivity index (χ0) is 13.1. The van der Waals surface area contributed by atoms with E-state index >= 15 is 0 Å². The van der Waals surface area contributed by atoms with Crippen LogP contribution in [0, 0.1) is 0 Å². The molecule has 1 aliphatic rings. The van der Waals surface area contributed by atoms with E-state index in [1.165, 1.54) is 24.9 Å². The van der Waals surface area contributed by atoms with Crippen molar-refractivity contribution in [3.05, 3.63) is 23.9 Å². The van der Waals surface area contributed by atoms with Gasteiger partial charge in [0.15, 0.2) is 0 Å². The Balaban J connectivity index is 2.32. The van der Waals surface area contributed by atoms with Crippen molar-refractivity contribution < 1.29 is 0 Å². The standard InChI is InChI=1S/C15H25N3/c1-5-17(4)15-13(8-6-10-16-15)14-9-7-11-18(14)12(2)3/h6,8,10,12,14H,5,7,9,11H2,1-4H3/t14-/m1/s1. The predicted molar refractivity (Wildman–Crippen MR) is 77.0 cm³/mol. The van der Waals surface area contributed by atoms with Crippen LogP contribution in [-0.4, -0.2) is 36.1 Å². The molecule has 0 saturated carbocycles. The molecule has 0 amide bonds. The van der Waals surface area contributed by atoms with Crippen LogP contribution in [0.1, 0.15) is 45.2 Å². The fraction of sp³-hybridized carbons (Fsp3) is 0.667. The van der Waals surface area contributed by atoms with E-state index in [4.69, 9.17) is 0 Å². The number of aromatic nitrogens is 1. The van der Waals surface area contributed by atoms with Crippen LogP contribution >= 0.6 is 0 Å². The number of rotatable bonds is 4. The molecule has 1 aromatic heterocycles. The van der Waals surface area contributed by atoms with E-state index in [9.17, 15) is 0 Å². The summed E-state index contributed by atoms with van der Waals surface area (Å²) in [6, 6.07) is 5.47. The predicted octanol–water partition coefficient (Wildman–Crippen LogP) is 3.08. The van der Waals surface area contributed by atoms with Gasteiger partial charge >= 0.3 is 0 Å². The van der Waals surface area contributed by atoms with Crippen molar-refractivity contribution >= 4 is 5.82 Å². The Morgan fingerprint density at radius 2 is 2.28 bits per heavy atom. The van der Waals surface area contributed by atoms with Crippen molar-refractivity contribution in [2.24, 2.45) is 0 Å². The summed E-state index contributed by atoms with van der Waals surface area (Å²) in [5.74, 6) is 1.15. The van der Waals surface area contributed by atoms with Gasteiger partial charge in [0.05, 0.1) is 0 Å². The van der Waals surface area contributed by atoms with Gasteiger partial charge in [-0.1, -0.05) is 6.07 Å². The summed E-state index contributed by atoms with van der Waals surface area (Å²) < 4.78 is 0. The summed E-state index contributed by atoms with van der Waals surface area (Å²) in [5, 5.41) is 0. The van der Waals surface area contributed by atoms with Crippen molar-refractivity contribution in [3.63, 3.8) is 0 Å². The topological polar surface area (TPSA) is 19.4 Å². The number of likely N-dealkylation sites (tertiary alicyclic amines) is 1. The molecule has 0 N–H and O–H groups in total. The van der Waals surface area contributed by atoms with E-state index in [0.717, 1.165) is 12.4 Å². The Kier molecular flexibility index (Phi) is 4.23. The average Bonchev–Trinajstić information content (AvgIpc) is 2.87. The first kappa shape index (κ1) is 13.3. The largest absolute Gasteiger partial charge is 0.360 e. The maximum Gasteiger partial charge on any atom is 0.133 e. The molecular formula is C15H25N3. The maximum atomic E-state index is 4.59. The quantitative estimate of drug-likeness (QED) is 0.815. The Hall–Kier alpha value is -1.09. The molecule has 0 aromatic carbocycles. The lowest BCUT2D eigenvalue weighted by atomic mass is 10.0. The van der Waals surface area contributed by atoms with Gasteiger partial charge in [-0.2, -0.15) is 0 Å². The van der Waals surface area contributed by atoms with Gasteiger partial charge in [-0.3, -0.25) is 4.90 Å². The van der Waals surface area contributed by atoms with Gasteiger partial charge in [0.25, 0.3) is 0 Å². The Bertz CT molecular complexity index is 389. The third-order valence-corrected chi connectivity index (χ3v) is 3.97. The zero-order valence-corrected chi connectivity index (χ0v) is 12.1. The maximum absolute atomic E-state index is 4.59. The van der Waals surface area contributed by atoms with Crippen molar-refractivity contribution in [2.75, 3.05) is 25.0 Å². The monoisotopic (exact) mass is 247 g/mol. The van der Waals surface area contributed by atoms with Gasteiger partial charge in [-0.25, -0.2) is 4.98 Å². The molecule has 1 aliphatic heterocycles. The van der Waals surface area contributed by atoms with Gasteiger partial charge in [0.1, 0.15) is 5.82 Å². The van der Waals surface area contributed by atoms with E-state index in [0.29, 0.717) is 12.1 Å². The Labute approximate surface area is 111 Å². The minimum absolute atomic E-state index is 0.544. The molecular weight excluding hydrogens is 222 g/mol. The Morgan fingerprint density at radius 3 is 2.94 bits per heavy atom. The first-order valence-electron chi connectivity index (χ1n) is 7.07. The molecule has 2 rings (SSSR count). The molecule has 3 nitrogen and oxygen atoms in total. The molecule has 1 saturated heterocycles. The van der Waals surface area contributed by atoms with Crippen LogP contribution in [0.3, 0.4) is 0 Å². The van der Waals surface area contributed by atoms with Crippen LogP contribution in [0.4, 0.5) is 5.82 Å². The van der Waals surface area contributed by atoms with Gasteiger partial charge in [0, 0.05) is 37.4 Å². The molecule has 1 fully saturated rings. The minimum atomic E-state index is 0.544. The Morgan fingerprint density at radius 1 is 1.50 bits per heavy atom. The van der Waals surface area contributed by atoms with E-state index in [-0.39, 0.29) is 0 Å². The number of anilines is 1. The lowest BCUT2D eigenvalue weighted by Crippen LogP contribution is -2.31. The number of hydrogen-bond donors (Lipinski definition) is 0. The van der Waals surface area contributed by atoms with Crippen molar-refractivity contribution in [1.29, 1.82) is 0 Å². The fourth-order valence-electron chi connectivity index (χ4n) is 2.88. The van der Waals surface area contributed by atoms with Gasteiger partial charge in [0.2, 0.25) is 0 Å². The van der Waals surface area contributed by atoms with E-state index in [1.807, 2.05) is 6.20 Å². The average molecular weight is 247 g/mol. The van der Waals surface area contributed by atoms with Crippen LogP contribution in [0.2, 0.25) is 0 Å². The van der Waals surface area contributed by atoms with Crippen LogP contribution in [0.25, 0.3) is 0 Å². The first-order valence-corrected chi connectivity index (χ1v) is 7.07. The molecule has 0 spiro atoms. The highest BCUT2D eigenvalue weighted by Crippen LogP contribution is 2.37. The second kappa shape index (κ2) is 5.70. The molecule has 0 bridgehead atoms. The number of nitrogens with zero attached hydrogens (tertiary/aromatic N) is 3. The number of hydrogen-bond acceptors (Lipinski definition) is 3. The van der Waals surface area contributed by atoms with Gasteiger partial charge in [-0.15, -0.1) is 0 Å². The van der Waals surface area contributed by atoms with Crippen molar-refractivity contribution in [2.45, 2.75) is 45.7 Å². The van der Waals surface area contributed by atoms with E-state index in [1.54, 1.807) is 0 Å². The normalized spacial score (nSPS) is 20.6. The summed E-state index contributed by atoms with van der Waals surface area (Å²) in [6.07, 6.45) is 4.46. The molecule has 18 heavy (non-hydrogen) atoms. The zero-order valence-electron chi connectivity index (χ0n) is 12.1. The molecule has 100 valence electrons. The summed E-state index contributed by atoms with van der Waals surface area (Å²) in [7, 11) is 2.13. The minimum Gasteiger partial charge on any atom is -0.360 e. The highest BCUT2D eigenvalue weighted by Gasteiger charge is 2.30. The SMILES string of the molecule is CCN(C)c1ncccc1[C@H]1CCCN1C(C)C. The van der Waals surface area contributed by atoms with Crippen LogP contribution in [0.5, 0.6) is 0 Å². The summed E-state index contributed by atoms with van der Waals surface area (Å²) in [5.41, 5.74) is 1.40. The van der Waals surface area contributed by atoms with Crippen LogP contribution < -0.4 is 4.90 Å². The van der Waals surface area contributed by atoms with E-state index < -0.39 is 0 Å². The van der Waals surface area contributed by atoms with Crippen LogP contribution in [-0.2, 0) is 0 Å². The second-order valence-electron chi connectivity index (χ2n) is 5.42. The summed E-state index contributed by atoms with van der Waals surface area (Å²) in [6.45, 7) is 8.97. The summed E-state index contributed by atoms with van der Waals surface area (Å²) in [4.78, 5) is 9.43. The molecule has 1 aromatic rings. The van der Waals surface area contributed by atoms with Gasteiger partial charge < -0.3 is 4.90 Å². The molecule has 1 atom stereocenters. The van der Waals surface area contributed by atoms with E-state index in [2.05, 4.69) is 54.7 Å². The first-order chi connectivity index (χ1) is 8.65. The second-order valence-corrected chi connectivity index (χ2v) is 5.42. The smallest absolute Gasteiger partial charge is 0.133 e. The molecule has 0 unspecified atom stereocenters. The summed E-state index contributed by atoms with van der Waals surface area (Å²) >= 11 is 0. The van der Waals surface area contributed by atoms with Crippen LogP contribution in [0.15, 0.2) is 18.3 Å². The molecule has 0 aliphatic carbocycles. The number of pyridine rings is 1. The third-order valence-electron chi connectivity index (χ3n) is 3.97. The molecule has 0 radical (unpaired) electrons. The highest BCUT2D eigenvalue weighted by atomic mass is 15.2. The van der Waals surface area contributed by atoms with Crippen molar-refractivity contribution in [3.8, 4) is 0 Å². The molecule has 2 heterocycles. The fourth-order valence-corrected chi connectivity index (χ4v) is 2.88. The third kappa shape index (κ3) is 2.51. The van der Waals surface area contributed by atoms with Crippen molar-refractivity contribution in [1.82, 2.24) is 9.88 Å². The lowest BCUT2D eigenvalue weighted by molar-refractivity contribution is 0.205. The molecule has 3 heteroatoms.